The molecule has 4 heterocycles. The van der Waals surface area contributed by atoms with E-state index < -0.39 is 35.6 Å². The highest BCUT2D eigenvalue weighted by Crippen LogP contribution is 2.45. The van der Waals surface area contributed by atoms with E-state index in [1.165, 1.54) is 11.3 Å². The van der Waals surface area contributed by atoms with Gasteiger partial charge in [-0.3, -0.25) is 9.59 Å². The number of thiazole rings is 1. The van der Waals surface area contributed by atoms with Gasteiger partial charge in [-0.2, -0.15) is 0 Å². The van der Waals surface area contributed by atoms with Gasteiger partial charge in [0.1, 0.15) is 23.7 Å². The molecule has 0 spiro atoms. The number of carbonyl (C=O) groups excluding carboxylic acids is 2. The standard InChI is InChI=1S/C34H41N5O5S/c1-33(2,3)27-20-45-32(37-27)36-25-14-8-6-4-5-7-12-22-18-34(22,31(42)43)38-28(40)26-17-23(19-39(26)30(25)41)44-29-24-13-10-9-11-21(24)15-16-35-29/h7,9-13,15-16,20,22-23,25-26H,4-6,8,14,17-19H2,1-3H3,(H,36,37)(H,38,40)(H,42,43)/b12-7-/t22-,23-,25+,26+,34-/m1/s1. The van der Waals surface area contributed by atoms with Crippen LogP contribution in [-0.2, 0) is 19.8 Å². The van der Waals surface area contributed by atoms with E-state index in [1.54, 1.807) is 11.1 Å². The lowest BCUT2D eigenvalue weighted by Crippen LogP contribution is -2.55. The van der Waals surface area contributed by atoms with Crippen molar-refractivity contribution in [1.29, 1.82) is 0 Å². The maximum absolute atomic E-state index is 14.4. The van der Waals surface area contributed by atoms with Crippen molar-refractivity contribution in [2.75, 3.05) is 11.9 Å². The first-order valence-corrected chi connectivity index (χ1v) is 16.7. The van der Waals surface area contributed by atoms with Crippen LogP contribution in [0, 0.1) is 5.92 Å². The number of allylic oxidation sites excluding steroid dienone is 1. The van der Waals surface area contributed by atoms with Crippen molar-refractivity contribution in [2.45, 2.75) is 94.9 Å². The second-order valence-corrected chi connectivity index (χ2v) is 14.3. The Morgan fingerprint density at radius 2 is 2.00 bits per heavy atom. The number of hydrogen-bond acceptors (Lipinski definition) is 8. The number of anilines is 1. The Labute approximate surface area is 267 Å². The summed E-state index contributed by atoms with van der Waals surface area (Å²) in [5.41, 5.74) is -0.547. The molecule has 1 aromatic carbocycles. The molecule has 11 heteroatoms. The normalized spacial score (nSPS) is 28.3. The number of hydrogen-bond donors (Lipinski definition) is 3. The lowest BCUT2D eigenvalue weighted by molar-refractivity contribution is -0.145. The van der Waals surface area contributed by atoms with Crippen LogP contribution >= 0.6 is 11.3 Å². The molecule has 1 saturated carbocycles. The lowest BCUT2D eigenvalue weighted by Gasteiger charge is -2.29. The summed E-state index contributed by atoms with van der Waals surface area (Å²) in [7, 11) is 0. The SMILES string of the molecule is CC(C)(C)c1csc(N[C@H]2CCCCC/C=C\[C@@H]3C[C@@]3(C(=O)O)NC(=O)[C@@H]3C[C@@H](Oc4nccc5ccccc45)CN3C2=O)n1. The van der Waals surface area contributed by atoms with Crippen LogP contribution in [0.1, 0.15) is 71.4 Å². The summed E-state index contributed by atoms with van der Waals surface area (Å²) in [6.45, 7) is 6.47. The van der Waals surface area contributed by atoms with Crippen molar-refractivity contribution in [2.24, 2.45) is 5.92 Å². The van der Waals surface area contributed by atoms with Crippen LogP contribution in [-0.4, -0.2) is 68.0 Å². The summed E-state index contributed by atoms with van der Waals surface area (Å²) < 4.78 is 6.39. The van der Waals surface area contributed by atoms with Gasteiger partial charge in [0.05, 0.1) is 12.2 Å². The molecule has 2 aromatic heterocycles. The molecule has 0 bridgehead atoms. The molecule has 238 valence electrons. The summed E-state index contributed by atoms with van der Waals surface area (Å²) in [6.07, 6.45) is 9.74. The van der Waals surface area contributed by atoms with Crippen LogP contribution < -0.4 is 15.4 Å². The molecule has 2 amide bonds. The smallest absolute Gasteiger partial charge is 0.330 e. The fourth-order valence-corrected chi connectivity index (χ4v) is 7.32. The van der Waals surface area contributed by atoms with Gasteiger partial charge in [0.2, 0.25) is 17.7 Å². The molecule has 3 N–H and O–H groups in total. The van der Waals surface area contributed by atoms with Gasteiger partial charge in [-0.1, -0.05) is 64.0 Å². The summed E-state index contributed by atoms with van der Waals surface area (Å²) in [5, 5.41) is 20.9. The third-order valence-corrected chi connectivity index (χ3v) is 9.88. The number of nitrogens with one attached hydrogen (secondary N) is 2. The van der Waals surface area contributed by atoms with Crippen molar-refractivity contribution < 1.29 is 24.2 Å². The molecule has 10 nitrogen and oxygen atoms in total. The highest BCUT2D eigenvalue weighted by atomic mass is 32.1. The van der Waals surface area contributed by atoms with Crippen molar-refractivity contribution in [1.82, 2.24) is 20.2 Å². The number of benzene rings is 1. The molecular formula is C34H41N5O5S. The van der Waals surface area contributed by atoms with Crippen LogP contribution in [0.25, 0.3) is 10.8 Å². The second kappa shape index (κ2) is 12.4. The zero-order chi connectivity index (χ0) is 31.8. The fourth-order valence-electron chi connectivity index (χ4n) is 6.32. The third kappa shape index (κ3) is 6.54. The van der Waals surface area contributed by atoms with Crippen molar-refractivity contribution in [3.63, 3.8) is 0 Å². The number of amides is 2. The zero-order valence-electron chi connectivity index (χ0n) is 26.0. The predicted octanol–water partition coefficient (Wildman–Crippen LogP) is 5.30. The van der Waals surface area contributed by atoms with E-state index in [0.29, 0.717) is 23.9 Å². The maximum atomic E-state index is 14.4. The molecule has 1 saturated heterocycles. The predicted molar refractivity (Wildman–Crippen MR) is 173 cm³/mol. The van der Waals surface area contributed by atoms with Gasteiger partial charge in [0.15, 0.2) is 5.13 Å². The second-order valence-electron chi connectivity index (χ2n) is 13.4. The van der Waals surface area contributed by atoms with Gasteiger partial charge in [0.25, 0.3) is 0 Å². The number of carbonyl (C=O) groups is 3. The Balaban J connectivity index is 1.30. The number of aromatic nitrogens is 2. The minimum atomic E-state index is -1.36. The molecule has 3 aromatic rings. The van der Waals surface area contributed by atoms with E-state index in [1.807, 2.05) is 47.9 Å². The van der Waals surface area contributed by atoms with Gasteiger partial charge >= 0.3 is 5.97 Å². The molecule has 1 aliphatic carbocycles. The minimum Gasteiger partial charge on any atom is -0.479 e. The van der Waals surface area contributed by atoms with Gasteiger partial charge in [0, 0.05) is 34.7 Å². The van der Waals surface area contributed by atoms with Gasteiger partial charge in [-0.25, -0.2) is 14.8 Å². The number of carboxylic acid groups (broad SMARTS) is 1. The van der Waals surface area contributed by atoms with Crippen LogP contribution in [0.5, 0.6) is 5.88 Å². The van der Waals surface area contributed by atoms with Crippen molar-refractivity contribution in [3.05, 3.63) is 59.8 Å². The quantitative estimate of drug-likeness (QED) is 0.323. The molecule has 0 radical (unpaired) electrons. The van der Waals surface area contributed by atoms with E-state index in [-0.39, 0.29) is 30.2 Å². The molecule has 0 unspecified atom stereocenters. The molecule has 2 aliphatic heterocycles. The first kappa shape index (κ1) is 31.0. The summed E-state index contributed by atoms with van der Waals surface area (Å²) in [5.74, 6) is -1.59. The zero-order valence-corrected chi connectivity index (χ0v) is 26.8. The van der Waals surface area contributed by atoms with Crippen LogP contribution in [0.4, 0.5) is 5.13 Å². The Kier molecular flexibility index (Phi) is 8.56. The van der Waals surface area contributed by atoms with Crippen molar-refractivity contribution in [3.8, 4) is 5.88 Å². The topological polar surface area (TPSA) is 134 Å². The van der Waals surface area contributed by atoms with E-state index >= 15 is 0 Å². The fraction of sp³-hybridized carbons (Fsp3) is 0.500. The molecule has 2 fully saturated rings. The van der Waals surface area contributed by atoms with Gasteiger partial charge in [-0.15, -0.1) is 11.3 Å². The molecule has 3 aliphatic rings. The Hall–Kier alpha value is -3.99. The monoisotopic (exact) mass is 631 g/mol. The average Bonchev–Trinajstić information content (AvgIpc) is 3.30. The van der Waals surface area contributed by atoms with E-state index in [0.717, 1.165) is 42.1 Å². The number of pyridine rings is 1. The van der Waals surface area contributed by atoms with E-state index in [9.17, 15) is 19.5 Å². The Morgan fingerprint density at radius 1 is 1.18 bits per heavy atom. The number of rotatable bonds is 5. The molecule has 6 rings (SSSR count). The summed E-state index contributed by atoms with van der Waals surface area (Å²) in [4.78, 5) is 51.5. The average molecular weight is 632 g/mol. The number of ether oxygens (including phenoxy) is 1. The molecule has 45 heavy (non-hydrogen) atoms. The van der Waals surface area contributed by atoms with Gasteiger partial charge in [-0.05, 0) is 43.2 Å². The summed E-state index contributed by atoms with van der Waals surface area (Å²) >= 11 is 1.47. The van der Waals surface area contributed by atoms with E-state index in [2.05, 4.69) is 36.4 Å². The summed E-state index contributed by atoms with van der Waals surface area (Å²) in [6, 6.07) is 8.18. The van der Waals surface area contributed by atoms with Gasteiger partial charge < -0.3 is 25.4 Å². The number of nitrogens with zero attached hydrogens (tertiary/aromatic N) is 3. The first-order valence-electron chi connectivity index (χ1n) is 15.8. The largest absolute Gasteiger partial charge is 0.479 e. The number of carboxylic acids is 1. The highest BCUT2D eigenvalue weighted by molar-refractivity contribution is 7.13. The number of aliphatic carboxylic acids is 1. The van der Waals surface area contributed by atoms with Crippen molar-refractivity contribution >= 4 is 45.0 Å². The van der Waals surface area contributed by atoms with Crippen LogP contribution in [0.15, 0.2) is 54.1 Å². The Morgan fingerprint density at radius 3 is 2.78 bits per heavy atom. The molecule has 5 atom stereocenters. The highest BCUT2D eigenvalue weighted by Gasteiger charge is 2.61. The minimum absolute atomic E-state index is 0.130. The number of fused-ring (bicyclic) bond motifs is 3. The Bertz CT molecular complexity index is 1610. The first-order chi connectivity index (χ1) is 21.5. The molecular weight excluding hydrogens is 590 g/mol. The lowest BCUT2D eigenvalue weighted by atomic mass is 9.93. The third-order valence-electron chi connectivity index (χ3n) is 9.11. The maximum Gasteiger partial charge on any atom is 0.330 e. The van der Waals surface area contributed by atoms with E-state index in [4.69, 9.17) is 9.72 Å². The van der Waals surface area contributed by atoms with Crippen LogP contribution in [0.2, 0.25) is 0 Å². The van der Waals surface area contributed by atoms with Crippen LogP contribution in [0.3, 0.4) is 0 Å².